The number of rotatable bonds is 7. The molecule has 144 valence electrons. The van der Waals surface area contributed by atoms with Crippen molar-refractivity contribution in [2.45, 2.75) is 19.4 Å². The second-order valence-corrected chi connectivity index (χ2v) is 7.29. The molecule has 6 nitrogen and oxygen atoms in total. The Morgan fingerprint density at radius 2 is 1.96 bits per heavy atom. The van der Waals surface area contributed by atoms with Gasteiger partial charge in [0.2, 0.25) is 0 Å². The third-order valence-electron chi connectivity index (χ3n) is 4.99. The van der Waals surface area contributed by atoms with Crippen molar-refractivity contribution in [3.05, 3.63) is 42.0 Å². The first-order valence-corrected chi connectivity index (χ1v) is 9.20. The van der Waals surface area contributed by atoms with Crippen molar-refractivity contribution in [3.8, 4) is 5.75 Å². The number of hydrogen-bond acceptors (Lipinski definition) is 5. The van der Waals surface area contributed by atoms with Crippen molar-refractivity contribution in [1.29, 1.82) is 0 Å². The lowest BCUT2D eigenvalue weighted by Crippen LogP contribution is -2.55. The highest BCUT2D eigenvalue weighted by atomic mass is 16.5. The minimum atomic E-state index is -0.207. The fourth-order valence-electron chi connectivity index (χ4n) is 3.31. The minimum Gasteiger partial charge on any atom is -0.483 e. The van der Waals surface area contributed by atoms with Gasteiger partial charge >= 0.3 is 0 Å². The van der Waals surface area contributed by atoms with E-state index >= 15 is 0 Å². The van der Waals surface area contributed by atoms with Gasteiger partial charge in [-0.1, -0.05) is 30.3 Å². The van der Waals surface area contributed by atoms with Crippen LogP contribution in [0.15, 0.2) is 36.4 Å². The van der Waals surface area contributed by atoms with Gasteiger partial charge in [0.1, 0.15) is 5.75 Å². The molecule has 0 atom stereocenters. The highest BCUT2D eigenvalue weighted by Gasteiger charge is 2.28. The smallest absolute Gasteiger partial charge is 0.258 e. The first-order chi connectivity index (χ1) is 13.0. The number of morpholine rings is 1. The highest BCUT2D eigenvalue weighted by molar-refractivity contribution is 6.00. The normalized spacial score (nSPS) is 15.5. The van der Waals surface area contributed by atoms with E-state index in [4.69, 9.17) is 9.47 Å². The molecule has 0 spiro atoms. The molecule has 0 saturated carbocycles. The Morgan fingerprint density at radius 3 is 2.70 bits per heavy atom. The van der Waals surface area contributed by atoms with Crippen molar-refractivity contribution in [2.24, 2.45) is 0 Å². The minimum absolute atomic E-state index is 0.127. The van der Waals surface area contributed by atoms with E-state index in [1.165, 1.54) is 0 Å². The van der Waals surface area contributed by atoms with Gasteiger partial charge in [0.15, 0.2) is 12.9 Å². The van der Waals surface area contributed by atoms with Crippen molar-refractivity contribution in [2.75, 3.05) is 39.5 Å². The molecule has 1 amide bonds. The van der Waals surface area contributed by atoms with Gasteiger partial charge in [0, 0.05) is 25.2 Å². The van der Waals surface area contributed by atoms with Crippen molar-refractivity contribution < 1.29 is 19.1 Å². The maximum atomic E-state index is 12.2. The SMILES string of the molecule is CC(C)(CNC(=O)COc1ccc2ccccc2c1C=O)N1CCOCC1. The number of carbonyl (C=O) groups excluding carboxylic acids is 2. The van der Waals surface area contributed by atoms with Gasteiger partial charge in [0.05, 0.1) is 18.8 Å². The van der Waals surface area contributed by atoms with Crippen LogP contribution in [0.25, 0.3) is 10.8 Å². The predicted octanol–water partition coefficient (Wildman–Crippen LogP) is 2.26. The number of hydrogen-bond donors (Lipinski definition) is 1. The Kier molecular flexibility index (Phi) is 6.08. The van der Waals surface area contributed by atoms with Gasteiger partial charge in [-0.05, 0) is 30.7 Å². The monoisotopic (exact) mass is 370 g/mol. The van der Waals surface area contributed by atoms with E-state index < -0.39 is 0 Å². The molecule has 1 aliphatic rings. The van der Waals surface area contributed by atoms with E-state index in [2.05, 4.69) is 24.1 Å². The van der Waals surface area contributed by atoms with E-state index in [9.17, 15) is 9.59 Å². The van der Waals surface area contributed by atoms with E-state index in [1.807, 2.05) is 30.3 Å². The van der Waals surface area contributed by atoms with E-state index in [-0.39, 0.29) is 18.1 Å². The molecule has 1 fully saturated rings. The zero-order chi connectivity index (χ0) is 19.3. The number of fused-ring (bicyclic) bond motifs is 1. The molecular formula is C21H26N2O4. The number of ether oxygens (including phenoxy) is 2. The second-order valence-electron chi connectivity index (χ2n) is 7.29. The third kappa shape index (κ3) is 4.64. The van der Waals surface area contributed by atoms with Gasteiger partial charge < -0.3 is 14.8 Å². The van der Waals surface area contributed by atoms with Crippen LogP contribution in [0.4, 0.5) is 0 Å². The molecule has 1 N–H and O–H groups in total. The largest absolute Gasteiger partial charge is 0.483 e. The van der Waals surface area contributed by atoms with E-state index in [0.29, 0.717) is 17.9 Å². The van der Waals surface area contributed by atoms with Crippen LogP contribution in [-0.4, -0.2) is 62.1 Å². The second kappa shape index (κ2) is 8.50. The topological polar surface area (TPSA) is 67.9 Å². The molecule has 3 rings (SSSR count). The Hall–Kier alpha value is -2.44. The van der Waals surface area contributed by atoms with Crippen LogP contribution in [0.3, 0.4) is 0 Å². The molecule has 0 aromatic heterocycles. The Bertz CT molecular complexity index is 813. The van der Waals surface area contributed by atoms with Crippen LogP contribution in [0, 0.1) is 0 Å². The fraction of sp³-hybridized carbons (Fsp3) is 0.429. The number of aldehydes is 1. The van der Waals surface area contributed by atoms with E-state index in [1.54, 1.807) is 6.07 Å². The molecule has 0 aliphatic carbocycles. The zero-order valence-corrected chi connectivity index (χ0v) is 15.9. The molecule has 2 aromatic carbocycles. The molecule has 1 heterocycles. The summed E-state index contributed by atoms with van der Waals surface area (Å²) in [5.41, 5.74) is 0.311. The number of nitrogens with one attached hydrogen (secondary N) is 1. The zero-order valence-electron chi connectivity index (χ0n) is 15.9. The first-order valence-electron chi connectivity index (χ1n) is 9.20. The maximum absolute atomic E-state index is 12.2. The van der Waals surface area contributed by atoms with E-state index in [0.717, 1.165) is 43.4 Å². The molecule has 27 heavy (non-hydrogen) atoms. The van der Waals surface area contributed by atoms with Crippen LogP contribution in [0.5, 0.6) is 5.75 Å². The van der Waals surface area contributed by atoms with Gasteiger partial charge in [-0.3, -0.25) is 14.5 Å². The van der Waals surface area contributed by atoms with Gasteiger partial charge in [-0.15, -0.1) is 0 Å². The van der Waals surface area contributed by atoms with Crippen LogP contribution in [-0.2, 0) is 9.53 Å². The summed E-state index contributed by atoms with van der Waals surface area (Å²) in [7, 11) is 0. The van der Waals surface area contributed by atoms with Gasteiger partial charge in [-0.2, -0.15) is 0 Å². The molecule has 0 unspecified atom stereocenters. The third-order valence-corrected chi connectivity index (χ3v) is 4.99. The molecule has 2 aromatic rings. The molecule has 1 saturated heterocycles. The molecule has 6 heteroatoms. The molecule has 1 aliphatic heterocycles. The Labute approximate surface area is 159 Å². The molecule has 0 radical (unpaired) electrons. The lowest BCUT2D eigenvalue weighted by molar-refractivity contribution is -0.123. The summed E-state index contributed by atoms with van der Waals surface area (Å²) in [6, 6.07) is 11.2. The summed E-state index contributed by atoms with van der Waals surface area (Å²) in [4.78, 5) is 26.1. The van der Waals surface area contributed by atoms with Crippen LogP contribution in [0.1, 0.15) is 24.2 Å². The van der Waals surface area contributed by atoms with Crippen LogP contribution >= 0.6 is 0 Å². The lowest BCUT2D eigenvalue weighted by Gasteiger charge is -2.40. The van der Waals surface area contributed by atoms with Gasteiger partial charge in [-0.25, -0.2) is 0 Å². The molecule has 0 bridgehead atoms. The lowest BCUT2D eigenvalue weighted by atomic mass is 10.0. The van der Waals surface area contributed by atoms with Crippen LogP contribution < -0.4 is 10.1 Å². The average molecular weight is 370 g/mol. The number of nitrogens with zero attached hydrogens (tertiary/aromatic N) is 1. The average Bonchev–Trinajstić information content (AvgIpc) is 2.71. The first kappa shape index (κ1) is 19.3. The molecular weight excluding hydrogens is 344 g/mol. The summed E-state index contributed by atoms with van der Waals surface area (Å²) < 4.78 is 11.0. The van der Waals surface area contributed by atoms with Gasteiger partial charge in [0.25, 0.3) is 5.91 Å². The number of carbonyl (C=O) groups is 2. The number of amides is 1. The summed E-state index contributed by atoms with van der Waals surface area (Å²) in [6.07, 6.45) is 0.775. The van der Waals surface area contributed by atoms with Crippen molar-refractivity contribution >= 4 is 23.0 Å². The summed E-state index contributed by atoms with van der Waals surface area (Å²) in [5, 5.41) is 4.71. The summed E-state index contributed by atoms with van der Waals surface area (Å²) in [5.74, 6) is 0.215. The maximum Gasteiger partial charge on any atom is 0.258 e. The Balaban J connectivity index is 1.57. The quantitative estimate of drug-likeness (QED) is 0.757. The van der Waals surface area contributed by atoms with Crippen molar-refractivity contribution in [1.82, 2.24) is 10.2 Å². The highest BCUT2D eigenvalue weighted by Crippen LogP contribution is 2.26. The Morgan fingerprint density at radius 1 is 1.22 bits per heavy atom. The number of benzene rings is 2. The summed E-state index contributed by atoms with van der Waals surface area (Å²) in [6.45, 7) is 7.76. The predicted molar refractivity (Wildman–Crippen MR) is 104 cm³/mol. The fourth-order valence-corrected chi connectivity index (χ4v) is 3.31. The summed E-state index contributed by atoms with van der Waals surface area (Å²) >= 11 is 0. The standard InChI is InChI=1S/C21H26N2O4/c1-21(2,23-9-11-26-12-10-23)15-22-20(25)14-27-19-8-7-16-5-3-4-6-17(16)18(19)13-24/h3-8,13H,9-12,14-15H2,1-2H3,(H,22,25). The van der Waals surface area contributed by atoms with Crippen molar-refractivity contribution in [3.63, 3.8) is 0 Å². The van der Waals surface area contributed by atoms with Crippen LogP contribution in [0.2, 0.25) is 0 Å².